The fourth-order valence-electron chi connectivity index (χ4n) is 1.44. The van der Waals surface area contributed by atoms with Gasteiger partial charge in [0.15, 0.2) is 0 Å². The molecule has 0 spiro atoms. The van der Waals surface area contributed by atoms with Crippen molar-refractivity contribution >= 4 is 11.8 Å². The highest BCUT2D eigenvalue weighted by Gasteiger charge is 2.13. The normalized spacial score (nSPS) is 14.9. The standard InChI is InChI=1S/C13H20OS/c1-3-7-13(14)11(2)10-15-12-8-5-4-6-9-12/h4-6,8-9,11,13-14H,3,7,10H2,1-2H3/t11-,13+/m1/s1. The summed E-state index contributed by atoms with van der Waals surface area (Å²) in [7, 11) is 0. The van der Waals surface area contributed by atoms with Gasteiger partial charge in [0.05, 0.1) is 6.10 Å². The summed E-state index contributed by atoms with van der Waals surface area (Å²) in [6.45, 7) is 4.23. The van der Waals surface area contributed by atoms with E-state index in [1.54, 1.807) is 0 Å². The summed E-state index contributed by atoms with van der Waals surface area (Å²) in [6, 6.07) is 10.4. The van der Waals surface area contributed by atoms with E-state index < -0.39 is 0 Å². The number of rotatable bonds is 6. The van der Waals surface area contributed by atoms with E-state index in [1.807, 2.05) is 17.8 Å². The van der Waals surface area contributed by atoms with Crippen LogP contribution in [0, 0.1) is 5.92 Å². The molecule has 15 heavy (non-hydrogen) atoms. The quantitative estimate of drug-likeness (QED) is 0.745. The van der Waals surface area contributed by atoms with Crippen molar-refractivity contribution in [2.75, 3.05) is 5.75 Å². The number of thioether (sulfide) groups is 1. The third-order valence-corrected chi connectivity index (χ3v) is 3.80. The van der Waals surface area contributed by atoms with Crippen LogP contribution in [0.2, 0.25) is 0 Å². The van der Waals surface area contributed by atoms with Gasteiger partial charge in [0.1, 0.15) is 0 Å². The minimum Gasteiger partial charge on any atom is -0.393 e. The maximum atomic E-state index is 9.78. The fraction of sp³-hybridized carbons (Fsp3) is 0.538. The molecule has 0 aliphatic carbocycles. The Labute approximate surface area is 96.9 Å². The van der Waals surface area contributed by atoms with Crippen LogP contribution in [0.25, 0.3) is 0 Å². The Morgan fingerprint density at radius 1 is 1.27 bits per heavy atom. The van der Waals surface area contributed by atoms with Crippen molar-refractivity contribution in [3.05, 3.63) is 30.3 Å². The first-order valence-corrected chi connectivity index (χ1v) is 6.58. The summed E-state index contributed by atoms with van der Waals surface area (Å²) in [5.41, 5.74) is 0. The molecule has 0 heterocycles. The van der Waals surface area contributed by atoms with Gasteiger partial charge < -0.3 is 5.11 Å². The van der Waals surface area contributed by atoms with E-state index >= 15 is 0 Å². The largest absolute Gasteiger partial charge is 0.393 e. The van der Waals surface area contributed by atoms with Crippen molar-refractivity contribution in [3.8, 4) is 0 Å². The molecule has 1 nitrogen and oxygen atoms in total. The zero-order valence-electron chi connectivity index (χ0n) is 9.52. The second-order valence-corrected chi connectivity index (χ2v) is 5.05. The molecule has 0 bridgehead atoms. The minimum atomic E-state index is -0.147. The lowest BCUT2D eigenvalue weighted by molar-refractivity contribution is 0.117. The number of hydrogen-bond donors (Lipinski definition) is 1. The maximum absolute atomic E-state index is 9.78. The third kappa shape index (κ3) is 4.72. The van der Waals surface area contributed by atoms with Gasteiger partial charge in [0.2, 0.25) is 0 Å². The molecule has 84 valence electrons. The molecular formula is C13H20OS. The number of benzene rings is 1. The molecule has 0 saturated carbocycles. The van der Waals surface area contributed by atoms with Gasteiger partial charge in [0, 0.05) is 10.6 Å². The number of hydrogen-bond acceptors (Lipinski definition) is 2. The molecule has 1 aromatic carbocycles. The lowest BCUT2D eigenvalue weighted by Crippen LogP contribution is -2.19. The molecule has 1 N–H and O–H groups in total. The second-order valence-electron chi connectivity index (χ2n) is 3.96. The van der Waals surface area contributed by atoms with E-state index in [-0.39, 0.29) is 6.10 Å². The monoisotopic (exact) mass is 224 g/mol. The van der Waals surface area contributed by atoms with E-state index in [0.29, 0.717) is 5.92 Å². The Balaban J connectivity index is 2.31. The van der Waals surface area contributed by atoms with Crippen molar-refractivity contribution in [1.82, 2.24) is 0 Å². The van der Waals surface area contributed by atoms with Crippen molar-refractivity contribution in [2.24, 2.45) is 5.92 Å². The van der Waals surface area contributed by atoms with Crippen LogP contribution in [0.15, 0.2) is 35.2 Å². The summed E-state index contributed by atoms with van der Waals surface area (Å²) < 4.78 is 0. The molecule has 2 atom stereocenters. The van der Waals surface area contributed by atoms with Crippen LogP contribution in [-0.2, 0) is 0 Å². The molecule has 0 radical (unpaired) electrons. The van der Waals surface area contributed by atoms with Crippen molar-refractivity contribution < 1.29 is 5.11 Å². The molecule has 1 rings (SSSR count). The van der Waals surface area contributed by atoms with Gasteiger partial charge in [0.25, 0.3) is 0 Å². The molecule has 0 saturated heterocycles. The molecule has 0 unspecified atom stereocenters. The summed E-state index contributed by atoms with van der Waals surface area (Å²) >= 11 is 1.82. The van der Waals surface area contributed by atoms with E-state index in [2.05, 4.69) is 38.1 Å². The predicted molar refractivity (Wildman–Crippen MR) is 67.2 cm³/mol. The first kappa shape index (κ1) is 12.6. The van der Waals surface area contributed by atoms with Crippen LogP contribution in [0.3, 0.4) is 0 Å². The molecule has 2 heteroatoms. The summed E-state index contributed by atoms with van der Waals surface area (Å²) in [5.74, 6) is 1.36. The molecule has 1 aromatic rings. The highest BCUT2D eigenvalue weighted by Crippen LogP contribution is 2.22. The van der Waals surface area contributed by atoms with E-state index in [1.165, 1.54) is 4.90 Å². The Kier molecular flexibility index (Phi) is 5.81. The van der Waals surface area contributed by atoms with E-state index in [4.69, 9.17) is 0 Å². The topological polar surface area (TPSA) is 20.2 Å². The van der Waals surface area contributed by atoms with E-state index in [0.717, 1.165) is 18.6 Å². The zero-order valence-corrected chi connectivity index (χ0v) is 10.3. The Morgan fingerprint density at radius 2 is 1.93 bits per heavy atom. The first-order chi connectivity index (χ1) is 7.24. The summed E-state index contributed by atoms with van der Waals surface area (Å²) in [6.07, 6.45) is 1.82. The Bertz CT molecular complexity index is 260. The van der Waals surface area contributed by atoms with Crippen LogP contribution in [0.5, 0.6) is 0 Å². The molecule has 0 aliphatic heterocycles. The highest BCUT2D eigenvalue weighted by molar-refractivity contribution is 7.99. The lowest BCUT2D eigenvalue weighted by Gasteiger charge is -2.17. The highest BCUT2D eigenvalue weighted by atomic mass is 32.2. The molecular weight excluding hydrogens is 204 g/mol. The van der Waals surface area contributed by atoms with Gasteiger partial charge >= 0.3 is 0 Å². The fourth-order valence-corrected chi connectivity index (χ4v) is 2.46. The molecule has 0 fully saturated rings. The third-order valence-electron chi connectivity index (χ3n) is 2.50. The van der Waals surface area contributed by atoms with Gasteiger partial charge in [-0.2, -0.15) is 0 Å². The number of aliphatic hydroxyl groups excluding tert-OH is 1. The smallest absolute Gasteiger partial charge is 0.0573 e. The van der Waals surface area contributed by atoms with Crippen molar-refractivity contribution in [1.29, 1.82) is 0 Å². The lowest BCUT2D eigenvalue weighted by atomic mass is 10.0. The Morgan fingerprint density at radius 3 is 2.53 bits per heavy atom. The predicted octanol–water partition coefficient (Wildman–Crippen LogP) is 3.58. The van der Waals surface area contributed by atoms with Crippen LogP contribution in [0.1, 0.15) is 26.7 Å². The van der Waals surface area contributed by atoms with Gasteiger partial charge in [-0.05, 0) is 24.5 Å². The van der Waals surface area contributed by atoms with Gasteiger partial charge in [-0.1, -0.05) is 38.5 Å². The SMILES string of the molecule is CCC[C@H](O)[C@H](C)CSc1ccccc1. The van der Waals surface area contributed by atoms with Crippen molar-refractivity contribution in [3.63, 3.8) is 0 Å². The van der Waals surface area contributed by atoms with E-state index in [9.17, 15) is 5.11 Å². The average molecular weight is 224 g/mol. The minimum absolute atomic E-state index is 0.147. The van der Waals surface area contributed by atoms with Gasteiger partial charge in [-0.15, -0.1) is 11.8 Å². The summed E-state index contributed by atoms with van der Waals surface area (Å²) in [4.78, 5) is 1.29. The van der Waals surface area contributed by atoms with Gasteiger partial charge in [-0.3, -0.25) is 0 Å². The Hall–Kier alpha value is -0.470. The van der Waals surface area contributed by atoms with Crippen LogP contribution in [0.4, 0.5) is 0 Å². The average Bonchev–Trinajstić information content (AvgIpc) is 2.27. The first-order valence-electron chi connectivity index (χ1n) is 5.60. The van der Waals surface area contributed by atoms with Crippen LogP contribution in [-0.4, -0.2) is 17.0 Å². The summed E-state index contributed by atoms with van der Waals surface area (Å²) in [5, 5.41) is 9.78. The molecule has 0 aliphatic rings. The van der Waals surface area contributed by atoms with Crippen molar-refractivity contribution in [2.45, 2.75) is 37.7 Å². The second kappa shape index (κ2) is 6.91. The molecule has 0 amide bonds. The number of aliphatic hydroxyl groups is 1. The molecule has 0 aromatic heterocycles. The zero-order chi connectivity index (χ0) is 11.1. The van der Waals surface area contributed by atoms with Crippen LogP contribution < -0.4 is 0 Å². The maximum Gasteiger partial charge on any atom is 0.0573 e. The van der Waals surface area contributed by atoms with Crippen LogP contribution >= 0.6 is 11.8 Å². The van der Waals surface area contributed by atoms with Gasteiger partial charge in [-0.25, -0.2) is 0 Å².